The van der Waals surface area contributed by atoms with Crippen molar-refractivity contribution in [1.29, 1.82) is 0 Å². The van der Waals surface area contributed by atoms with E-state index in [1.165, 1.54) is 0 Å². The van der Waals surface area contributed by atoms with E-state index in [0.29, 0.717) is 29.2 Å². The summed E-state index contributed by atoms with van der Waals surface area (Å²) in [6, 6.07) is 12.0. The summed E-state index contributed by atoms with van der Waals surface area (Å²) in [5.41, 5.74) is 4.23. The van der Waals surface area contributed by atoms with Gasteiger partial charge in [-0.1, -0.05) is 5.16 Å². The number of nitrogens with one attached hydrogen (secondary N) is 2. The maximum absolute atomic E-state index is 12.5. The standard InChI is InChI=1S/C22H23N3O4/c1-13-11-17(21(26)23-4)7-10-20(13)24-22(27)16-5-8-18(9-6-16)28-12-19-14(2)25-29-15(19)3/h5-11H,12H2,1-4H3,(H,23,26)(H,24,27). The molecule has 0 unspecified atom stereocenters. The number of carbonyl (C=O) groups excluding carboxylic acids is 2. The highest BCUT2D eigenvalue weighted by Gasteiger charge is 2.12. The molecule has 0 atom stereocenters. The van der Waals surface area contributed by atoms with Crippen LogP contribution >= 0.6 is 0 Å². The van der Waals surface area contributed by atoms with E-state index in [9.17, 15) is 9.59 Å². The lowest BCUT2D eigenvalue weighted by Gasteiger charge is -2.11. The first-order chi connectivity index (χ1) is 13.9. The Labute approximate surface area is 169 Å². The summed E-state index contributed by atoms with van der Waals surface area (Å²) in [6.07, 6.45) is 0. The highest BCUT2D eigenvalue weighted by atomic mass is 16.5. The van der Waals surface area contributed by atoms with Crippen LogP contribution in [-0.4, -0.2) is 24.0 Å². The summed E-state index contributed by atoms with van der Waals surface area (Å²) in [6.45, 7) is 5.90. The number of carbonyl (C=O) groups is 2. The van der Waals surface area contributed by atoms with Gasteiger partial charge in [-0.2, -0.15) is 0 Å². The van der Waals surface area contributed by atoms with Crippen LogP contribution in [0, 0.1) is 20.8 Å². The van der Waals surface area contributed by atoms with Crippen LogP contribution in [0.5, 0.6) is 5.75 Å². The van der Waals surface area contributed by atoms with Crippen LogP contribution in [0.15, 0.2) is 47.0 Å². The second-order valence-corrected chi connectivity index (χ2v) is 6.68. The lowest BCUT2D eigenvalue weighted by molar-refractivity contribution is 0.0962. The van der Waals surface area contributed by atoms with Gasteiger partial charge in [0.05, 0.1) is 11.3 Å². The molecule has 0 aliphatic carbocycles. The molecule has 2 aromatic carbocycles. The number of nitrogens with zero attached hydrogens (tertiary/aromatic N) is 1. The number of benzene rings is 2. The van der Waals surface area contributed by atoms with Gasteiger partial charge in [0.2, 0.25) is 0 Å². The Balaban J connectivity index is 1.64. The fraction of sp³-hybridized carbons (Fsp3) is 0.227. The van der Waals surface area contributed by atoms with Crippen LogP contribution in [0.25, 0.3) is 0 Å². The van der Waals surface area contributed by atoms with E-state index in [2.05, 4.69) is 15.8 Å². The molecule has 3 rings (SSSR count). The summed E-state index contributed by atoms with van der Waals surface area (Å²) in [5.74, 6) is 0.972. The third-order valence-electron chi connectivity index (χ3n) is 4.64. The number of ether oxygens (including phenoxy) is 1. The summed E-state index contributed by atoms with van der Waals surface area (Å²) in [4.78, 5) is 24.2. The molecule has 150 valence electrons. The molecule has 2 N–H and O–H groups in total. The van der Waals surface area contributed by atoms with Gasteiger partial charge in [0.1, 0.15) is 18.1 Å². The molecule has 29 heavy (non-hydrogen) atoms. The van der Waals surface area contributed by atoms with Crippen LogP contribution in [0.3, 0.4) is 0 Å². The van der Waals surface area contributed by atoms with Crippen LogP contribution < -0.4 is 15.4 Å². The van der Waals surface area contributed by atoms with Gasteiger partial charge in [-0.3, -0.25) is 9.59 Å². The average molecular weight is 393 g/mol. The molecule has 0 radical (unpaired) electrons. The Bertz CT molecular complexity index is 1020. The molecular weight excluding hydrogens is 370 g/mol. The average Bonchev–Trinajstić information content (AvgIpc) is 3.05. The van der Waals surface area contributed by atoms with Gasteiger partial charge in [-0.05, 0) is 68.8 Å². The molecule has 0 saturated carbocycles. The largest absolute Gasteiger partial charge is 0.489 e. The first kappa shape index (κ1) is 20.1. The third-order valence-corrected chi connectivity index (χ3v) is 4.64. The van der Waals surface area contributed by atoms with Crippen LogP contribution in [0.1, 0.15) is 43.3 Å². The number of hydrogen-bond donors (Lipinski definition) is 2. The number of aryl methyl sites for hydroxylation is 3. The fourth-order valence-electron chi connectivity index (χ4n) is 2.85. The van der Waals surface area contributed by atoms with Crippen LogP contribution in [0.2, 0.25) is 0 Å². The number of aromatic nitrogens is 1. The van der Waals surface area contributed by atoms with Crippen LogP contribution in [-0.2, 0) is 6.61 Å². The monoisotopic (exact) mass is 393 g/mol. The second-order valence-electron chi connectivity index (χ2n) is 6.68. The van der Waals surface area contributed by atoms with E-state index in [0.717, 1.165) is 22.6 Å². The maximum Gasteiger partial charge on any atom is 0.255 e. The Morgan fingerprint density at radius 3 is 2.28 bits per heavy atom. The highest BCUT2D eigenvalue weighted by Crippen LogP contribution is 2.20. The molecule has 0 spiro atoms. The molecule has 0 bridgehead atoms. The zero-order valence-electron chi connectivity index (χ0n) is 16.8. The van der Waals surface area contributed by atoms with Gasteiger partial charge in [-0.15, -0.1) is 0 Å². The highest BCUT2D eigenvalue weighted by molar-refractivity contribution is 6.05. The van der Waals surface area contributed by atoms with E-state index in [1.54, 1.807) is 49.5 Å². The minimum atomic E-state index is -0.238. The number of rotatable bonds is 6. The van der Waals surface area contributed by atoms with Gasteiger partial charge in [-0.25, -0.2) is 0 Å². The smallest absolute Gasteiger partial charge is 0.255 e. The Morgan fingerprint density at radius 2 is 1.69 bits per heavy atom. The van der Waals surface area contributed by atoms with Crippen LogP contribution in [0.4, 0.5) is 5.69 Å². The van der Waals surface area contributed by atoms with Crippen molar-refractivity contribution in [1.82, 2.24) is 10.5 Å². The van der Waals surface area contributed by atoms with Crippen molar-refractivity contribution < 1.29 is 18.8 Å². The van der Waals surface area contributed by atoms with Gasteiger partial charge in [0, 0.05) is 23.9 Å². The molecular formula is C22H23N3O4. The number of anilines is 1. The lowest BCUT2D eigenvalue weighted by Crippen LogP contribution is -2.18. The zero-order chi connectivity index (χ0) is 21.0. The van der Waals surface area contributed by atoms with Crippen molar-refractivity contribution in [3.63, 3.8) is 0 Å². The van der Waals surface area contributed by atoms with Gasteiger partial charge < -0.3 is 19.9 Å². The van der Waals surface area contributed by atoms with Crippen molar-refractivity contribution >= 4 is 17.5 Å². The minimum Gasteiger partial charge on any atom is -0.489 e. The number of amides is 2. The predicted molar refractivity (Wildman–Crippen MR) is 109 cm³/mol. The molecule has 0 aliphatic heterocycles. The molecule has 1 aromatic heterocycles. The summed E-state index contributed by atoms with van der Waals surface area (Å²) < 4.78 is 10.9. The zero-order valence-corrected chi connectivity index (χ0v) is 16.8. The van der Waals surface area contributed by atoms with E-state index in [1.807, 2.05) is 20.8 Å². The van der Waals surface area contributed by atoms with Crippen molar-refractivity contribution in [2.24, 2.45) is 0 Å². The molecule has 0 fully saturated rings. The van der Waals surface area contributed by atoms with E-state index in [-0.39, 0.29) is 11.8 Å². The van der Waals surface area contributed by atoms with Crippen molar-refractivity contribution in [2.45, 2.75) is 27.4 Å². The normalized spacial score (nSPS) is 10.5. The van der Waals surface area contributed by atoms with Gasteiger partial charge in [0.25, 0.3) is 11.8 Å². The molecule has 0 saturated heterocycles. The van der Waals surface area contributed by atoms with Crippen molar-refractivity contribution in [3.05, 3.63) is 76.2 Å². The maximum atomic E-state index is 12.5. The van der Waals surface area contributed by atoms with Crippen molar-refractivity contribution in [2.75, 3.05) is 12.4 Å². The molecule has 1 heterocycles. The third kappa shape index (κ3) is 4.63. The topological polar surface area (TPSA) is 93.5 Å². The van der Waals surface area contributed by atoms with Gasteiger partial charge in [0.15, 0.2) is 0 Å². The fourth-order valence-corrected chi connectivity index (χ4v) is 2.85. The molecule has 0 aliphatic rings. The number of hydrogen-bond acceptors (Lipinski definition) is 5. The van der Waals surface area contributed by atoms with E-state index in [4.69, 9.17) is 9.26 Å². The Morgan fingerprint density at radius 1 is 1.00 bits per heavy atom. The second kappa shape index (κ2) is 8.60. The minimum absolute atomic E-state index is 0.168. The molecule has 2 amide bonds. The van der Waals surface area contributed by atoms with E-state index < -0.39 is 0 Å². The Kier molecular flexibility index (Phi) is 5.97. The molecule has 7 heteroatoms. The quantitative estimate of drug-likeness (QED) is 0.665. The SMILES string of the molecule is CNC(=O)c1ccc(NC(=O)c2ccc(OCc3c(C)noc3C)cc2)c(C)c1. The van der Waals surface area contributed by atoms with Crippen molar-refractivity contribution in [3.8, 4) is 5.75 Å². The molecule has 3 aromatic rings. The summed E-state index contributed by atoms with van der Waals surface area (Å²) in [7, 11) is 1.58. The van der Waals surface area contributed by atoms with E-state index >= 15 is 0 Å². The Hall–Kier alpha value is -3.61. The summed E-state index contributed by atoms with van der Waals surface area (Å²) >= 11 is 0. The first-order valence-corrected chi connectivity index (χ1v) is 9.17. The predicted octanol–water partition coefficient (Wildman–Crippen LogP) is 3.79. The van der Waals surface area contributed by atoms with Gasteiger partial charge >= 0.3 is 0 Å². The molecule has 7 nitrogen and oxygen atoms in total. The lowest BCUT2D eigenvalue weighted by atomic mass is 10.1. The summed E-state index contributed by atoms with van der Waals surface area (Å²) in [5, 5.41) is 9.35. The first-order valence-electron chi connectivity index (χ1n) is 9.17.